The third-order valence-corrected chi connectivity index (χ3v) is 5.52. The zero-order valence-corrected chi connectivity index (χ0v) is 19.5. The number of amides is 2. The van der Waals surface area contributed by atoms with Crippen LogP contribution in [0, 0.1) is 0 Å². The molecule has 2 aromatic heterocycles. The molecule has 3 rings (SSSR count). The summed E-state index contributed by atoms with van der Waals surface area (Å²) in [5.74, 6) is -0.916. The van der Waals surface area contributed by atoms with E-state index in [1.165, 1.54) is 18.5 Å². The van der Waals surface area contributed by atoms with E-state index in [2.05, 4.69) is 20.0 Å². The summed E-state index contributed by atoms with van der Waals surface area (Å²) < 4.78 is 46.9. The van der Waals surface area contributed by atoms with Crippen molar-refractivity contribution in [2.75, 3.05) is 33.0 Å². The number of nitrogens with zero attached hydrogens (tertiary/aromatic N) is 3. The third kappa shape index (κ3) is 7.03. The van der Waals surface area contributed by atoms with Crippen LogP contribution in [-0.2, 0) is 22.5 Å². The number of ether oxygens (including phenoxy) is 2. The topological polar surface area (TPSA) is 114 Å². The number of pyridine rings is 2. The zero-order chi connectivity index (χ0) is 25.6. The molecule has 1 atom stereocenters. The number of aromatic nitrogens is 2. The molecule has 35 heavy (non-hydrogen) atoms. The highest BCUT2D eigenvalue weighted by Crippen LogP contribution is 2.34. The van der Waals surface area contributed by atoms with E-state index in [0.29, 0.717) is 22.4 Å². The predicted molar refractivity (Wildman–Crippen MR) is 118 cm³/mol. The molecule has 0 radical (unpaired) electrons. The van der Waals surface area contributed by atoms with Crippen molar-refractivity contribution in [1.82, 2.24) is 20.2 Å². The molecule has 0 spiro atoms. The number of hydrogen-bond donors (Lipinski definition) is 2. The molecule has 3 heterocycles. The molecule has 2 aromatic rings. The first-order valence-electron chi connectivity index (χ1n) is 10.7. The Morgan fingerprint density at radius 1 is 1.34 bits per heavy atom. The molecule has 0 fully saturated rings. The molecule has 0 bridgehead atoms. The molecule has 1 aliphatic rings. The second-order valence-corrected chi connectivity index (χ2v) is 8.12. The van der Waals surface area contributed by atoms with Gasteiger partial charge in [0.1, 0.15) is 5.02 Å². The monoisotopic (exact) mass is 516 g/mol. The van der Waals surface area contributed by atoms with Crippen LogP contribution in [0.25, 0.3) is 0 Å². The standard InChI is InChI=1S/C22H24ClF3N4O5/c1-13(14-8-17(23)20(29-10-14)35-12-22(24,25)26)30-11-16-15(21(30)33)2-3-27-18(16)9-19(32)28-4-6-34-7-5-31/h2-3,8,10,13,31H,4-7,9,11-12H2,1H3,(H,28,32). The minimum atomic E-state index is -4.53. The lowest BCUT2D eigenvalue weighted by atomic mass is 10.1. The van der Waals surface area contributed by atoms with E-state index in [1.807, 2.05) is 0 Å². The van der Waals surface area contributed by atoms with Crippen molar-refractivity contribution in [2.24, 2.45) is 0 Å². The maximum atomic E-state index is 13.0. The lowest BCUT2D eigenvalue weighted by Gasteiger charge is -2.25. The summed E-state index contributed by atoms with van der Waals surface area (Å²) in [7, 11) is 0. The van der Waals surface area contributed by atoms with Crippen LogP contribution in [0.1, 0.15) is 40.1 Å². The molecule has 2 N–H and O–H groups in total. The highest BCUT2D eigenvalue weighted by atomic mass is 35.5. The van der Waals surface area contributed by atoms with Crippen molar-refractivity contribution in [1.29, 1.82) is 0 Å². The number of carbonyl (C=O) groups excluding carboxylic acids is 2. The van der Waals surface area contributed by atoms with Gasteiger partial charge in [-0.05, 0) is 24.6 Å². The van der Waals surface area contributed by atoms with Crippen LogP contribution in [0.3, 0.4) is 0 Å². The average molecular weight is 517 g/mol. The molecule has 0 saturated carbocycles. The quantitative estimate of drug-likeness (QED) is 0.441. The minimum absolute atomic E-state index is 0.0305. The number of carbonyl (C=O) groups is 2. The molecular weight excluding hydrogens is 493 g/mol. The van der Waals surface area contributed by atoms with Gasteiger partial charge in [0.15, 0.2) is 6.61 Å². The van der Waals surface area contributed by atoms with Crippen molar-refractivity contribution in [3.63, 3.8) is 0 Å². The Kier molecular flexibility index (Phi) is 8.87. The van der Waals surface area contributed by atoms with Crippen molar-refractivity contribution >= 4 is 23.4 Å². The van der Waals surface area contributed by atoms with Gasteiger partial charge in [-0.2, -0.15) is 13.2 Å². The number of aliphatic hydroxyl groups excluding tert-OH is 1. The minimum Gasteiger partial charge on any atom is -0.467 e. The van der Waals surface area contributed by atoms with Crippen LogP contribution in [0.2, 0.25) is 5.02 Å². The van der Waals surface area contributed by atoms with Crippen molar-refractivity contribution in [3.8, 4) is 5.88 Å². The van der Waals surface area contributed by atoms with Gasteiger partial charge in [-0.25, -0.2) is 4.98 Å². The molecule has 13 heteroatoms. The lowest BCUT2D eigenvalue weighted by Crippen LogP contribution is -2.29. The van der Waals surface area contributed by atoms with Gasteiger partial charge >= 0.3 is 6.18 Å². The Labute approximate surface area is 204 Å². The van der Waals surface area contributed by atoms with Crippen LogP contribution < -0.4 is 10.1 Å². The molecule has 0 aliphatic carbocycles. The van der Waals surface area contributed by atoms with Crippen LogP contribution in [0.4, 0.5) is 13.2 Å². The number of halogens is 4. The summed E-state index contributed by atoms with van der Waals surface area (Å²) >= 11 is 6.05. The molecular formula is C22H24ClF3N4O5. The van der Waals surface area contributed by atoms with Crippen molar-refractivity contribution < 1.29 is 37.3 Å². The molecule has 1 unspecified atom stereocenters. The van der Waals surface area contributed by atoms with Crippen molar-refractivity contribution in [2.45, 2.75) is 32.1 Å². The number of hydrogen-bond acceptors (Lipinski definition) is 7. The molecule has 1 aliphatic heterocycles. The van der Waals surface area contributed by atoms with Gasteiger partial charge in [-0.15, -0.1) is 0 Å². The van der Waals surface area contributed by atoms with E-state index in [9.17, 15) is 22.8 Å². The van der Waals surface area contributed by atoms with E-state index in [1.54, 1.807) is 17.9 Å². The Balaban J connectivity index is 1.67. The second kappa shape index (κ2) is 11.6. The molecule has 0 saturated heterocycles. The van der Waals surface area contributed by atoms with Crippen LogP contribution >= 0.6 is 11.6 Å². The van der Waals surface area contributed by atoms with Gasteiger partial charge in [0.05, 0.1) is 38.0 Å². The predicted octanol–water partition coefficient (Wildman–Crippen LogP) is 2.46. The van der Waals surface area contributed by atoms with Gasteiger partial charge in [0.25, 0.3) is 5.91 Å². The summed E-state index contributed by atoms with van der Waals surface area (Å²) in [6.07, 6.45) is -1.79. The Morgan fingerprint density at radius 2 is 2.11 bits per heavy atom. The molecule has 9 nitrogen and oxygen atoms in total. The normalized spacial score (nSPS) is 14.1. The average Bonchev–Trinajstić information content (AvgIpc) is 3.14. The third-order valence-electron chi connectivity index (χ3n) is 5.25. The first-order valence-corrected chi connectivity index (χ1v) is 11.1. The lowest BCUT2D eigenvalue weighted by molar-refractivity contribution is -0.154. The Hall–Kier alpha value is -2.96. The number of alkyl halides is 3. The highest BCUT2D eigenvalue weighted by Gasteiger charge is 2.34. The van der Waals surface area contributed by atoms with Crippen LogP contribution in [0.15, 0.2) is 24.5 Å². The molecule has 2 amide bonds. The molecule has 0 aromatic carbocycles. The summed E-state index contributed by atoms with van der Waals surface area (Å²) in [6, 6.07) is 2.47. The number of aliphatic hydroxyl groups is 1. The fourth-order valence-corrected chi connectivity index (χ4v) is 3.75. The second-order valence-electron chi connectivity index (χ2n) is 7.71. The summed E-state index contributed by atoms with van der Waals surface area (Å²) in [5, 5.41) is 11.3. The Morgan fingerprint density at radius 3 is 2.80 bits per heavy atom. The first kappa shape index (κ1) is 26.6. The smallest absolute Gasteiger partial charge is 0.422 e. The van der Waals surface area contributed by atoms with E-state index >= 15 is 0 Å². The van der Waals surface area contributed by atoms with E-state index in [4.69, 9.17) is 21.4 Å². The Bertz CT molecular complexity index is 1070. The summed E-state index contributed by atoms with van der Waals surface area (Å²) in [6.45, 7) is 1.01. The maximum absolute atomic E-state index is 13.0. The maximum Gasteiger partial charge on any atom is 0.422 e. The van der Waals surface area contributed by atoms with Gasteiger partial charge in [-0.1, -0.05) is 11.6 Å². The van der Waals surface area contributed by atoms with Gasteiger partial charge in [0, 0.05) is 36.6 Å². The first-order chi connectivity index (χ1) is 16.6. The summed E-state index contributed by atoms with van der Waals surface area (Å²) in [5.41, 5.74) is 2.02. The number of fused-ring (bicyclic) bond motifs is 1. The van der Waals surface area contributed by atoms with Gasteiger partial charge in [0.2, 0.25) is 11.8 Å². The fraction of sp³-hybridized carbons (Fsp3) is 0.455. The zero-order valence-electron chi connectivity index (χ0n) is 18.8. The largest absolute Gasteiger partial charge is 0.467 e. The number of rotatable bonds is 11. The fourth-order valence-electron chi connectivity index (χ4n) is 3.52. The van der Waals surface area contributed by atoms with E-state index in [0.717, 1.165) is 0 Å². The van der Waals surface area contributed by atoms with E-state index in [-0.39, 0.29) is 62.0 Å². The van der Waals surface area contributed by atoms with E-state index < -0.39 is 18.8 Å². The van der Waals surface area contributed by atoms with Crippen LogP contribution in [0.5, 0.6) is 5.88 Å². The van der Waals surface area contributed by atoms with Crippen LogP contribution in [-0.4, -0.2) is 70.9 Å². The van der Waals surface area contributed by atoms with Gasteiger partial charge in [-0.3, -0.25) is 14.6 Å². The number of nitrogens with one attached hydrogen (secondary N) is 1. The highest BCUT2D eigenvalue weighted by molar-refractivity contribution is 6.31. The molecule has 190 valence electrons. The summed E-state index contributed by atoms with van der Waals surface area (Å²) in [4.78, 5) is 35.0. The SMILES string of the molecule is CC(c1cnc(OCC(F)(F)F)c(Cl)c1)N1Cc2c(ccnc2CC(=O)NCCOCCO)C1=O. The van der Waals surface area contributed by atoms with Crippen molar-refractivity contribution in [3.05, 3.63) is 51.9 Å². The van der Waals surface area contributed by atoms with Gasteiger partial charge < -0.3 is 24.8 Å².